The van der Waals surface area contributed by atoms with Crippen molar-refractivity contribution in [2.45, 2.75) is 19.0 Å². The van der Waals surface area contributed by atoms with Gasteiger partial charge in [-0.25, -0.2) is 4.39 Å². The van der Waals surface area contributed by atoms with Crippen molar-refractivity contribution >= 4 is 52.1 Å². The van der Waals surface area contributed by atoms with E-state index in [0.717, 1.165) is 5.56 Å². The predicted octanol–water partition coefficient (Wildman–Crippen LogP) is 4.74. The Morgan fingerprint density at radius 3 is 2.63 bits per heavy atom. The Morgan fingerprint density at radius 2 is 1.86 bits per heavy atom. The van der Waals surface area contributed by atoms with E-state index >= 15 is 0 Å². The molecule has 7 nitrogen and oxygen atoms in total. The zero-order chi connectivity index (χ0) is 24.5. The molecule has 0 aromatic heterocycles. The molecule has 3 aromatic rings. The van der Waals surface area contributed by atoms with Gasteiger partial charge in [-0.15, -0.1) is 0 Å². The number of hydrogen-bond donors (Lipinski definition) is 1. The highest BCUT2D eigenvalue weighted by Gasteiger charge is 2.44. The van der Waals surface area contributed by atoms with Crippen LogP contribution >= 0.6 is 23.8 Å². The van der Waals surface area contributed by atoms with Gasteiger partial charge in [0.05, 0.1) is 12.1 Å². The molecular weight excluding hydrogens is 493 g/mol. The van der Waals surface area contributed by atoms with Gasteiger partial charge in [-0.2, -0.15) is 0 Å². The molecule has 0 radical (unpaired) electrons. The van der Waals surface area contributed by atoms with E-state index < -0.39 is 11.9 Å². The smallest absolute Gasteiger partial charge is 0.256 e. The molecule has 1 saturated heterocycles. The van der Waals surface area contributed by atoms with Crippen LogP contribution in [0.3, 0.4) is 0 Å². The number of halogens is 2. The molecule has 0 spiro atoms. The monoisotopic (exact) mass is 511 g/mol. The van der Waals surface area contributed by atoms with E-state index in [0.29, 0.717) is 27.9 Å². The topological polar surface area (TPSA) is 71.1 Å². The molecule has 0 unspecified atom stereocenters. The Kier molecular flexibility index (Phi) is 6.27. The van der Waals surface area contributed by atoms with Gasteiger partial charge in [0.15, 0.2) is 16.6 Å². The molecule has 2 amide bonds. The molecule has 0 aliphatic carbocycles. The zero-order valence-corrected chi connectivity index (χ0v) is 19.8. The second-order valence-electron chi connectivity index (χ2n) is 8.03. The van der Waals surface area contributed by atoms with Crippen molar-refractivity contribution in [2.75, 3.05) is 17.0 Å². The van der Waals surface area contributed by atoms with Crippen molar-refractivity contribution in [3.8, 4) is 11.5 Å². The molecular formula is C25H19ClFN3O4S. The molecule has 0 saturated carbocycles. The minimum absolute atomic E-state index is 0.143. The molecule has 2 aliphatic heterocycles. The lowest BCUT2D eigenvalue weighted by molar-refractivity contribution is -0.124. The molecule has 5 rings (SSSR count). The van der Waals surface area contributed by atoms with Gasteiger partial charge in [0.1, 0.15) is 11.9 Å². The maximum atomic E-state index is 13.5. The van der Waals surface area contributed by atoms with Crippen LogP contribution in [0.1, 0.15) is 12.0 Å². The van der Waals surface area contributed by atoms with E-state index in [1.165, 1.54) is 29.2 Å². The summed E-state index contributed by atoms with van der Waals surface area (Å²) >= 11 is 11.7. The number of rotatable bonds is 6. The van der Waals surface area contributed by atoms with Crippen molar-refractivity contribution in [3.63, 3.8) is 0 Å². The number of carbonyl (C=O) groups is 2. The van der Waals surface area contributed by atoms with Gasteiger partial charge in [-0.05, 0) is 72.4 Å². The number of anilines is 2. The van der Waals surface area contributed by atoms with Gasteiger partial charge in [-0.3, -0.25) is 14.5 Å². The van der Waals surface area contributed by atoms with Crippen LogP contribution in [0.25, 0.3) is 0 Å². The summed E-state index contributed by atoms with van der Waals surface area (Å²) in [5.41, 5.74) is 1.77. The number of nitrogens with zero attached hydrogens (tertiary/aromatic N) is 2. The highest BCUT2D eigenvalue weighted by Crippen LogP contribution is 2.34. The Hall–Kier alpha value is -3.69. The molecule has 10 heteroatoms. The molecule has 1 fully saturated rings. The molecule has 1 N–H and O–H groups in total. The van der Waals surface area contributed by atoms with Crippen molar-refractivity contribution in [1.29, 1.82) is 0 Å². The number of fused-ring (bicyclic) bond motifs is 1. The molecule has 178 valence electrons. The number of carbonyl (C=O) groups excluding carboxylic acids is 2. The van der Waals surface area contributed by atoms with E-state index in [1.807, 2.05) is 12.1 Å². The van der Waals surface area contributed by atoms with Gasteiger partial charge in [-0.1, -0.05) is 23.7 Å². The molecule has 3 aromatic carbocycles. The highest BCUT2D eigenvalue weighted by molar-refractivity contribution is 7.80. The number of amides is 2. The fraction of sp³-hybridized carbons (Fsp3) is 0.160. The lowest BCUT2D eigenvalue weighted by Crippen LogP contribution is -2.37. The molecule has 2 aliphatic rings. The number of nitrogens with one attached hydrogen (secondary N) is 1. The first kappa shape index (κ1) is 23.1. The normalized spacial score (nSPS) is 16.7. The van der Waals surface area contributed by atoms with Crippen LogP contribution in [0.5, 0.6) is 11.5 Å². The fourth-order valence-corrected chi connectivity index (χ4v) is 4.61. The Bertz CT molecular complexity index is 1320. The van der Waals surface area contributed by atoms with Crippen molar-refractivity contribution in [1.82, 2.24) is 4.90 Å². The van der Waals surface area contributed by atoms with Crippen LogP contribution in [0.15, 0.2) is 66.7 Å². The predicted molar refractivity (Wildman–Crippen MR) is 133 cm³/mol. The zero-order valence-electron chi connectivity index (χ0n) is 18.2. The molecule has 2 heterocycles. The maximum Gasteiger partial charge on any atom is 0.256 e. The van der Waals surface area contributed by atoms with Gasteiger partial charge >= 0.3 is 0 Å². The van der Waals surface area contributed by atoms with Gasteiger partial charge in [0.25, 0.3) is 5.91 Å². The average molecular weight is 512 g/mol. The summed E-state index contributed by atoms with van der Waals surface area (Å²) in [5, 5.41) is 3.48. The third-order valence-corrected chi connectivity index (χ3v) is 6.33. The number of ether oxygens (including phenoxy) is 2. The summed E-state index contributed by atoms with van der Waals surface area (Å²) in [5.74, 6) is 0.0680. The van der Waals surface area contributed by atoms with E-state index in [2.05, 4.69) is 5.32 Å². The first-order chi connectivity index (χ1) is 16.9. The summed E-state index contributed by atoms with van der Waals surface area (Å²) < 4.78 is 24.3. The number of thiocarbonyl (C=S) groups is 1. The minimum Gasteiger partial charge on any atom is -0.454 e. The Morgan fingerprint density at radius 1 is 1.09 bits per heavy atom. The van der Waals surface area contributed by atoms with Crippen LogP contribution in [0, 0.1) is 5.82 Å². The Balaban J connectivity index is 1.42. The van der Waals surface area contributed by atoms with Crippen molar-refractivity contribution in [2.24, 2.45) is 0 Å². The van der Waals surface area contributed by atoms with Crippen LogP contribution in [0.2, 0.25) is 5.02 Å². The number of benzene rings is 3. The summed E-state index contributed by atoms with van der Waals surface area (Å²) in [6.07, 6.45) is -0.145. The number of hydrogen-bond acceptors (Lipinski definition) is 5. The van der Waals surface area contributed by atoms with E-state index in [-0.39, 0.29) is 36.7 Å². The van der Waals surface area contributed by atoms with Crippen molar-refractivity contribution in [3.05, 3.63) is 83.1 Å². The summed E-state index contributed by atoms with van der Waals surface area (Å²) in [4.78, 5) is 29.4. The lowest BCUT2D eigenvalue weighted by atomic mass is 10.1. The second-order valence-corrected chi connectivity index (χ2v) is 8.83. The summed E-state index contributed by atoms with van der Waals surface area (Å²) in [6, 6.07) is 16.8. The van der Waals surface area contributed by atoms with E-state index in [4.69, 9.17) is 33.3 Å². The first-order valence-corrected chi connectivity index (χ1v) is 11.5. The standard InChI is InChI=1S/C25H19ClFN3O4S/c26-16-2-1-3-18(11-16)28-23(31)12-20-24(32)30(19-7-5-17(27)6-8-19)25(35)29(20)13-15-4-9-21-22(10-15)34-14-33-21/h1-11,20H,12-14H2,(H,28,31)/t20-/m1/s1. The average Bonchev–Trinajstić information content (AvgIpc) is 3.38. The Labute approximate surface area is 211 Å². The third kappa shape index (κ3) is 4.78. The molecule has 1 atom stereocenters. The second kappa shape index (κ2) is 9.52. The maximum absolute atomic E-state index is 13.5. The van der Waals surface area contributed by atoms with Gasteiger partial charge in [0.2, 0.25) is 12.7 Å². The highest BCUT2D eigenvalue weighted by atomic mass is 35.5. The third-order valence-electron chi connectivity index (χ3n) is 5.68. The SMILES string of the molecule is O=C(C[C@@H]1C(=O)N(c2ccc(F)cc2)C(=S)N1Cc1ccc2c(c1)OCO2)Nc1cccc(Cl)c1. The largest absolute Gasteiger partial charge is 0.454 e. The quantitative estimate of drug-likeness (QED) is 0.482. The van der Waals surface area contributed by atoms with Crippen LogP contribution in [-0.4, -0.2) is 34.7 Å². The van der Waals surface area contributed by atoms with Gasteiger partial charge < -0.3 is 19.7 Å². The molecule has 0 bridgehead atoms. The summed E-state index contributed by atoms with van der Waals surface area (Å²) in [6.45, 7) is 0.401. The minimum atomic E-state index is -0.864. The molecule has 35 heavy (non-hydrogen) atoms. The first-order valence-electron chi connectivity index (χ1n) is 10.7. The summed E-state index contributed by atoms with van der Waals surface area (Å²) in [7, 11) is 0. The van der Waals surface area contributed by atoms with Crippen LogP contribution in [0.4, 0.5) is 15.8 Å². The van der Waals surface area contributed by atoms with E-state index in [9.17, 15) is 14.0 Å². The van der Waals surface area contributed by atoms with Crippen LogP contribution in [-0.2, 0) is 16.1 Å². The fourth-order valence-electron chi connectivity index (χ4n) is 4.03. The van der Waals surface area contributed by atoms with Gasteiger partial charge in [0, 0.05) is 17.3 Å². The lowest BCUT2D eigenvalue weighted by Gasteiger charge is -2.24. The van der Waals surface area contributed by atoms with E-state index in [1.54, 1.807) is 35.2 Å². The van der Waals surface area contributed by atoms with Crippen LogP contribution < -0.4 is 19.7 Å². The van der Waals surface area contributed by atoms with Crippen molar-refractivity contribution < 1.29 is 23.5 Å².